The molecule has 1 aliphatic heterocycles. The molecule has 2 unspecified atom stereocenters. The number of nitrogens with zero attached hydrogens (tertiary/aromatic N) is 1. The van der Waals surface area contributed by atoms with Gasteiger partial charge in [-0.15, -0.1) is 0 Å². The van der Waals surface area contributed by atoms with Gasteiger partial charge in [0, 0.05) is 26.2 Å². The van der Waals surface area contributed by atoms with E-state index in [0.29, 0.717) is 5.41 Å². The molecule has 1 saturated carbocycles. The summed E-state index contributed by atoms with van der Waals surface area (Å²) in [5.74, 6) is 1.79. The fourth-order valence-corrected chi connectivity index (χ4v) is 3.92. The van der Waals surface area contributed by atoms with Crippen LogP contribution < -0.4 is 5.32 Å². The Labute approximate surface area is 107 Å². The summed E-state index contributed by atoms with van der Waals surface area (Å²) in [5, 5.41) is 3.45. The van der Waals surface area contributed by atoms with Crippen LogP contribution in [0.25, 0.3) is 0 Å². The molecule has 0 bridgehead atoms. The zero-order valence-electron chi connectivity index (χ0n) is 12.0. The molecule has 0 radical (unpaired) electrons. The van der Waals surface area contributed by atoms with Crippen LogP contribution in [-0.2, 0) is 0 Å². The van der Waals surface area contributed by atoms with Crippen LogP contribution in [0.5, 0.6) is 0 Å². The maximum Gasteiger partial charge on any atom is 0.00504 e. The fourth-order valence-electron chi connectivity index (χ4n) is 3.92. The molecule has 2 heteroatoms. The van der Waals surface area contributed by atoms with Gasteiger partial charge in [0.25, 0.3) is 0 Å². The van der Waals surface area contributed by atoms with E-state index in [1.165, 1.54) is 58.3 Å². The van der Waals surface area contributed by atoms with Crippen molar-refractivity contribution < 1.29 is 0 Å². The molecule has 0 amide bonds. The first-order valence-corrected chi connectivity index (χ1v) is 7.52. The normalized spacial score (nSPS) is 34.1. The molecule has 0 aromatic carbocycles. The first kappa shape index (κ1) is 13.4. The molecule has 2 fully saturated rings. The van der Waals surface area contributed by atoms with E-state index >= 15 is 0 Å². The number of rotatable bonds is 4. The van der Waals surface area contributed by atoms with E-state index in [4.69, 9.17) is 0 Å². The van der Waals surface area contributed by atoms with Crippen molar-refractivity contribution >= 4 is 0 Å². The van der Waals surface area contributed by atoms with Crippen LogP contribution in [-0.4, -0.2) is 38.1 Å². The largest absolute Gasteiger partial charge is 0.319 e. The monoisotopic (exact) mass is 238 g/mol. The average Bonchev–Trinajstić information content (AvgIpc) is 2.59. The van der Waals surface area contributed by atoms with Crippen molar-refractivity contribution in [2.24, 2.45) is 17.3 Å². The molecule has 1 saturated heterocycles. The predicted octanol–water partition coefficient (Wildman–Crippen LogP) is 2.74. The molecule has 2 aliphatic rings. The van der Waals surface area contributed by atoms with Gasteiger partial charge in [-0.25, -0.2) is 0 Å². The lowest BCUT2D eigenvalue weighted by molar-refractivity contribution is 0.116. The van der Waals surface area contributed by atoms with Crippen LogP contribution in [0.1, 0.15) is 46.0 Å². The van der Waals surface area contributed by atoms with E-state index in [9.17, 15) is 0 Å². The highest BCUT2D eigenvalue weighted by atomic mass is 15.2. The third-order valence-corrected chi connectivity index (χ3v) is 5.09. The maximum absolute atomic E-state index is 3.45. The minimum Gasteiger partial charge on any atom is -0.319 e. The summed E-state index contributed by atoms with van der Waals surface area (Å²) in [4.78, 5) is 2.73. The number of nitrogens with one attached hydrogen (secondary N) is 1. The van der Waals surface area contributed by atoms with Crippen molar-refractivity contribution in [3.05, 3.63) is 0 Å². The second-order valence-electron chi connectivity index (χ2n) is 6.74. The summed E-state index contributed by atoms with van der Waals surface area (Å²) in [6, 6.07) is 0. The lowest BCUT2D eigenvalue weighted by Gasteiger charge is -2.40. The molecule has 100 valence electrons. The van der Waals surface area contributed by atoms with E-state index in [1.54, 1.807) is 0 Å². The number of likely N-dealkylation sites (tertiary alicyclic amines) is 1. The van der Waals surface area contributed by atoms with Gasteiger partial charge in [0.05, 0.1) is 0 Å². The Morgan fingerprint density at radius 1 is 1.06 bits per heavy atom. The van der Waals surface area contributed by atoms with Crippen molar-refractivity contribution in [3.8, 4) is 0 Å². The van der Waals surface area contributed by atoms with Gasteiger partial charge in [-0.1, -0.05) is 33.1 Å². The van der Waals surface area contributed by atoms with E-state index in [1.807, 2.05) is 0 Å². The molecule has 1 heterocycles. The zero-order chi connectivity index (χ0) is 12.3. The van der Waals surface area contributed by atoms with Gasteiger partial charge in [0.1, 0.15) is 0 Å². The summed E-state index contributed by atoms with van der Waals surface area (Å²) >= 11 is 0. The van der Waals surface area contributed by atoms with Gasteiger partial charge in [-0.3, -0.25) is 0 Å². The Morgan fingerprint density at radius 2 is 1.65 bits per heavy atom. The molecule has 2 atom stereocenters. The molecule has 1 N–H and O–H groups in total. The van der Waals surface area contributed by atoms with Crippen LogP contribution in [0, 0.1) is 17.3 Å². The van der Waals surface area contributed by atoms with Crippen molar-refractivity contribution in [1.82, 2.24) is 10.2 Å². The summed E-state index contributed by atoms with van der Waals surface area (Å²) < 4.78 is 0. The quantitative estimate of drug-likeness (QED) is 0.810. The second-order valence-corrected chi connectivity index (χ2v) is 6.74. The Hall–Kier alpha value is -0.0800. The summed E-state index contributed by atoms with van der Waals surface area (Å²) in [6.07, 6.45) is 7.22. The number of hydrogen-bond donors (Lipinski definition) is 1. The Bertz CT molecular complexity index is 218. The standard InChI is InChI=1S/C15H30N2/c1-13-9-17(10-14(13)2)12-15(11-16-3)7-5-4-6-8-15/h13-14,16H,4-12H2,1-3H3. The molecule has 0 aromatic heterocycles. The highest BCUT2D eigenvalue weighted by Crippen LogP contribution is 2.38. The SMILES string of the molecule is CNCC1(CN2CC(C)C(C)C2)CCCCC1. The topological polar surface area (TPSA) is 15.3 Å². The van der Waals surface area contributed by atoms with Gasteiger partial charge in [0.2, 0.25) is 0 Å². The van der Waals surface area contributed by atoms with Crippen LogP contribution in [0.3, 0.4) is 0 Å². The average molecular weight is 238 g/mol. The Morgan fingerprint density at radius 3 is 2.18 bits per heavy atom. The Balaban J connectivity index is 1.93. The van der Waals surface area contributed by atoms with E-state index in [2.05, 4.69) is 31.1 Å². The first-order chi connectivity index (χ1) is 8.15. The van der Waals surface area contributed by atoms with E-state index in [0.717, 1.165) is 11.8 Å². The highest BCUT2D eigenvalue weighted by molar-refractivity contribution is 4.90. The van der Waals surface area contributed by atoms with Gasteiger partial charge in [-0.05, 0) is 37.1 Å². The van der Waals surface area contributed by atoms with Crippen molar-refractivity contribution in [1.29, 1.82) is 0 Å². The lowest BCUT2D eigenvalue weighted by atomic mass is 9.73. The molecule has 0 aromatic rings. The third kappa shape index (κ3) is 3.23. The van der Waals surface area contributed by atoms with Crippen molar-refractivity contribution in [2.45, 2.75) is 46.0 Å². The molecule has 17 heavy (non-hydrogen) atoms. The van der Waals surface area contributed by atoms with Crippen molar-refractivity contribution in [3.63, 3.8) is 0 Å². The lowest BCUT2D eigenvalue weighted by Crippen LogP contribution is -2.44. The molecule has 2 nitrogen and oxygen atoms in total. The summed E-state index contributed by atoms with van der Waals surface area (Å²) in [7, 11) is 2.12. The number of hydrogen-bond acceptors (Lipinski definition) is 2. The molecule has 0 spiro atoms. The third-order valence-electron chi connectivity index (χ3n) is 5.09. The van der Waals surface area contributed by atoms with E-state index in [-0.39, 0.29) is 0 Å². The first-order valence-electron chi connectivity index (χ1n) is 7.52. The fraction of sp³-hybridized carbons (Fsp3) is 1.00. The van der Waals surface area contributed by atoms with Crippen LogP contribution in [0.4, 0.5) is 0 Å². The summed E-state index contributed by atoms with van der Waals surface area (Å²) in [6.45, 7) is 10.0. The van der Waals surface area contributed by atoms with Crippen LogP contribution in [0.15, 0.2) is 0 Å². The van der Waals surface area contributed by atoms with Crippen molar-refractivity contribution in [2.75, 3.05) is 33.2 Å². The molecular weight excluding hydrogens is 208 g/mol. The van der Waals surface area contributed by atoms with Gasteiger partial charge >= 0.3 is 0 Å². The van der Waals surface area contributed by atoms with E-state index < -0.39 is 0 Å². The zero-order valence-corrected chi connectivity index (χ0v) is 12.0. The van der Waals surface area contributed by atoms with Gasteiger partial charge in [-0.2, -0.15) is 0 Å². The van der Waals surface area contributed by atoms with Crippen LogP contribution in [0.2, 0.25) is 0 Å². The molecule has 1 aliphatic carbocycles. The summed E-state index contributed by atoms with van der Waals surface area (Å²) in [5.41, 5.74) is 0.580. The molecular formula is C15H30N2. The molecule has 2 rings (SSSR count). The van der Waals surface area contributed by atoms with Crippen LogP contribution >= 0.6 is 0 Å². The minimum atomic E-state index is 0.580. The Kier molecular flexibility index (Phi) is 4.48. The second kappa shape index (κ2) is 5.71. The smallest absolute Gasteiger partial charge is 0.00504 e. The maximum atomic E-state index is 3.45. The minimum absolute atomic E-state index is 0.580. The predicted molar refractivity (Wildman–Crippen MR) is 74.2 cm³/mol. The van der Waals surface area contributed by atoms with Gasteiger partial charge < -0.3 is 10.2 Å². The van der Waals surface area contributed by atoms with Gasteiger partial charge in [0.15, 0.2) is 0 Å². The highest BCUT2D eigenvalue weighted by Gasteiger charge is 2.36.